The number of halogens is 1. The number of hydrogen-bond acceptors (Lipinski definition) is 4. The second-order valence-electron chi connectivity index (χ2n) is 5.06. The van der Waals surface area contributed by atoms with E-state index in [1.54, 1.807) is 0 Å². The van der Waals surface area contributed by atoms with Crippen molar-refractivity contribution in [1.29, 1.82) is 0 Å². The van der Waals surface area contributed by atoms with Gasteiger partial charge in [0.05, 0.1) is 12.8 Å². The Bertz CT molecular complexity index is 682. The largest absolute Gasteiger partial charge is 0.445 e. The van der Waals surface area contributed by atoms with Gasteiger partial charge in [0, 0.05) is 6.54 Å². The van der Waals surface area contributed by atoms with Gasteiger partial charge < -0.3 is 14.6 Å². The van der Waals surface area contributed by atoms with Gasteiger partial charge in [-0.1, -0.05) is 60.7 Å². The van der Waals surface area contributed by atoms with Crippen LogP contribution in [0.2, 0.25) is 0 Å². The molecule has 2 aromatic carbocycles. The molecule has 0 bridgehead atoms. The first-order chi connectivity index (χ1) is 11.6. The Morgan fingerprint density at radius 3 is 2.08 bits per heavy atom. The third-order valence-corrected chi connectivity index (χ3v) is 5.20. The van der Waals surface area contributed by atoms with Crippen molar-refractivity contribution in [2.24, 2.45) is 0 Å². The maximum atomic E-state index is 12.1. The number of ether oxygens (including phenoxy) is 1. The second-order valence-corrected chi connectivity index (χ2v) is 8.49. The van der Waals surface area contributed by atoms with Crippen molar-refractivity contribution < 1.29 is 18.6 Å². The first-order valence-electron chi connectivity index (χ1n) is 7.47. The van der Waals surface area contributed by atoms with Gasteiger partial charge in [0.1, 0.15) is 6.61 Å². The molecule has 7 heteroatoms. The maximum absolute atomic E-state index is 12.1. The fourth-order valence-corrected chi connectivity index (χ4v) is 3.13. The lowest BCUT2D eigenvalue weighted by Crippen LogP contribution is -2.27. The van der Waals surface area contributed by atoms with Gasteiger partial charge >= 0.3 is 6.09 Å². The normalized spacial score (nSPS) is 13.0. The molecule has 0 saturated carbocycles. The Balaban J connectivity index is 1.64. The van der Waals surface area contributed by atoms with E-state index >= 15 is 0 Å². The predicted octanol–water partition coefficient (Wildman–Crippen LogP) is 4.56. The number of hydrogen-bond donors (Lipinski definition) is 1. The average Bonchev–Trinajstić information content (AvgIpc) is 2.60. The van der Waals surface area contributed by atoms with E-state index in [4.69, 9.17) is 20.5 Å². The molecule has 0 aliphatic rings. The zero-order chi connectivity index (χ0) is 17.3. The molecule has 0 spiro atoms. The van der Waals surface area contributed by atoms with E-state index in [9.17, 15) is 9.36 Å². The van der Waals surface area contributed by atoms with Gasteiger partial charge in [-0.05, 0) is 22.4 Å². The molecule has 2 aromatic rings. The summed E-state index contributed by atoms with van der Waals surface area (Å²) in [5.41, 5.74) is 1.77. The molecule has 1 atom stereocenters. The lowest BCUT2D eigenvalue weighted by atomic mass is 10.2. The molecule has 1 unspecified atom stereocenters. The smallest absolute Gasteiger partial charge is 0.407 e. The lowest BCUT2D eigenvalue weighted by Gasteiger charge is -2.12. The number of benzene rings is 2. The van der Waals surface area contributed by atoms with E-state index in [0.717, 1.165) is 11.1 Å². The van der Waals surface area contributed by atoms with Gasteiger partial charge in [0.2, 0.25) is 0 Å². The highest BCUT2D eigenvalue weighted by Crippen LogP contribution is 2.52. The zero-order valence-corrected chi connectivity index (χ0v) is 14.7. The molecule has 0 aliphatic carbocycles. The Morgan fingerprint density at radius 1 is 0.958 bits per heavy atom. The van der Waals surface area contributed by atoms with E-state index in [1.165, 1.54) is 0 Å². The fraction of sp³-hybridized carbons (Fsp3) is 0.235. The summed E-state index contributed by atoms with van der Waals surface area (Å²) in [5.74, 6) is 0. The molecule has 0 fully saturated rings. The van der Waals surface area contributed by atoms with Crippen molar-refractivity contribution in [3.8, 4) is 0 Å². The first-order valence-corrected chi connectivity index (χ1v) is 10.2. The van der Waals surface area contributed by atoms with Gasteiger partial charge in [-0.2, -0.15) is 0 Å². The van der Waals surface area contributed by atoms with Crippen LogP contribution >= 0.6 is 18.0 Å². The fourth-order valence-electron chi connectivity index (χ4n) is 1.88. The molecule has 24 heavy (non-hydrogen) atoms. The zero-order valence-electron chi connectivity index (χ0n) is 13.1. The van der Waals surface area contributed by atoms with Gasteiger partial charge in [-0.3, -0.25) is 4.57 Å². The molecule has 0 heterocycles. The van der Waals surface area contributed by atoms with E-state index in [2.05, 4.69) is 5.32 Å². The molecule has 0 radical (unpaired) electrons. The van der Waals surface area contributed by atoms with Crippen LogP contribution in [-0.4, -0.2) is 18.8 Å². The lowest BCUT2D eigenvalue weighted by molar-refractivity contribution is 0.140. The van der Waals surface area contributed by atoms with Crippen LogP contribution in [0.15, 0.2) is 60.7 Å². The number of nitrogens with one attached hydrogen (secondary N) is 1. The van der Waals surface area contributed by atoms with Crippen LogP contribution in [0.4, 0.5) is 4.79 Å². The molecular weight excluding hydrogens is 349 g/mol. The second kappa shape index (κ2) is 9.48. The van der Waals surface area contributed by atoms with Crippen molar-refractivity contribution in [2.75, 3.05) is 12.7 Å². The summed E-state index contributed by atoms with van der Waals surface area (Å²) in [5, 5.41) is 2.51. The standard InChI is InChI=1S/C17H19ClNO4P/c18-24(21,23-14-16-9-5-2-6-10-16)12-11-19-17(20)22-13-15-7-3-1-4-8-15/h1-10H,11-14H2,(H,19,20). The molecule has 128 valence electrons. The van der Waals surface area contributed by atoms with E-state index in [1.807, 2.05) is 60.7 Å². The summed E-state index contributed by atoms with van der Waals surface area (Å²) in [4.78, 5) is 11.6. The maximum Gasteiger partial charge on any atom is 0.407 e. The van der Waals surface area contributed by atoms with Crippen LogP contribution in [0.1, 0.15) is 11.1 Å². The van der Waals surface area contributed by atoms with Crippen LogP contribution in [0.25, 0.3) is 0 Å². The summed E-state index contributed by atoms with van der Waals surface area (Å²) >= 11 is 5.88. The number of carbonyl (C=O) groups excluding carboxylic acids is 1. The molecule has 5 nitrogen and oxygen atoms in total. The predicted molar refractivity (Wildman–Crippen MR) is 94.2 cm³/mol. The quantitative estimate of drug-likeness (QED) is 0.694. The Kier molecular flexibility index (Phi) is 7.32. The Hall–Kier alpha value is -1.81. The molecule has 0 saturated heterocycles. The molecule has 1 amide bonds. The highest BCUT2D eigenvalue weighted by molar-refractivity contribution is 7.85. The summed E-state index contributed by atoms with van der Waals surface area (Å²) in [7, 11) is 0. The number of alkyl carbamates (subject to hydrolysis) is 1. The Morgan fingerprint density at radius 2 is 1.50 bits per heavy atom. The third-order valence-electron chi connectivity index (χ3n) is 3.13. The van der Waals surface area contributed by atoms with Crippen molar-refractivity contribution in [3.05, 3.63) is 71.8 Å². The number of amides is 1. The van der Waals surface area contributed by atoms with Gasteiger partial charge in [-0.15, -0.1) is 0 Å². The third kappa shape index (κ3) is 7.18. The topological polar surface area (TPSA) is 64.6 Å². The molecule has 1 N–H and O–H groups in total. The first kappa shape index (κ1) is 18.5. The molecule has 0 aliphatic heterocycles. The molecule has 0 aromatic heterocycles. The van der Waals surface area contributed by atoms with E-state index in [-0.39, 0.29) is 25.9 Å². The monoisotopic (exact) mass is 367 g/mol. The van der Waals surface area contributed by atoms with Crippen molar-refractivity contribution in [1.82, 2.24) is 5.32 Å². The summed E-state index contributed by atoms with van der Waals surface area (Å²) in [6.07, 6.45) is -0.555. The minimum absolute atomic E-state index is 0.0296. The van der Waals surface area contributed by atoms with Crippen LogP contribution in [0, 0.1) is 0 Å². The van der Waals surface area contributed by atoms with Crippen molar-refractivity contribution in [3.63, 3.8) is 0 Å². The van der Waals surface area contributed by atoms with Gasteiger partial charge in [0.25, 0.3) is 6.72 Å². The highest BCUT2D eigenvalue weighted by atomic mass is 35.7. The van der Waals surface area contributed by atoms with E-state index < -0.39 is 12.8 Å². The van der Waals surface area contributed by atoms with Crippen LogP contribution in [0.3, 0.4) is 0 Å². The van der Waals surface area contributed by atoms with Gasteiger partial charge in [-0.25, -0.2) is 4.79 Å². The average molecular weight is 368 g/mol. The van der Waals surface area contributed by atoms with Crippen molar-refractivity contribution >= 4 is 24.1 Å². The van der Waals surface area contributed by atoms with E-state index in [0.29, 0.717) is 0 Å². The minimum Gasteiger partial charge on any atom is -0.445 e. The van der Waals surface area contributed by atoms with Crippen LogP contribution in [-0.2, 0) is 27.0 Å². The summed E-state index contributed by atoms with van der Waals surface area (Å²) in [6.45, 7) is -2.83. The summed E-state index contributed by atoms with van der Waals surface area (Å²) in [6, 6.07) is 18.7. The van der Waals surface area contributed by atoms with Crippen LogP contribution in [0.5, 0.6) is 0 Å². The minimum atomic E-state index is -3.29. The molecule has 2 rings (SSSR count). The van der Waals surface area contributed by atoms with Crippen LogP contribution < -0.4 is 5.32 Å². The molecular formula is C17H19ClNO4P. The number of rotatable bonds is 8. The van der Waals surface area contributed by atoms with Gasteiger partial charge in [0.15, 0.2) is 0 Å². The SMILES string of the molecule is O=C(NCCP(=O)(Cl)OCc1ccccc1)OCc1ccccc1. The van der Waals surface area contributed by atoms with Crippen molar-refractivity contribution in [2.45, 2.75) is 13.2 Å². The highest BCUT2D eigenvalue weighted by Gasteiger charge is 2.19. The Labute approximate surface area is 146 Å². The number of carbonyl (C=O) groups is 1. The summed E-state index contributed by atoms with van der Waals surface area (Å²) < 4.78 is 22.4.